The quantitative estimate of drug-likeness (QED) is 0.554. The minimum Gasteiger partial charge on any atom is -0.341 e. The van der Waals surface area contributed by atoms with Gasteiger partial charge in [0, 0.05) is 35.5 Å². The number of benzene rings is 1. The van der Waals surface area contributed by atoms with Crippen LogP contribution < -0.4 is 4.90 Å². The molecule has 162 valence electrons. The monoisotopic (exact) mass is 420 g/mol. The van der Waals surface area contributed by atoms with Crippen LogP contribution in [0.5, 0.6) is 0 Å². The van der Waals surface area contributed by atoms with Crippen LogP contribution in [0.1, 0.15) is 61.9 Å². The summed E-state index contributed by atoms with van der Waals surface area (Å²) in [6, 6.07) is 3.66. The molecular weight excluding hydrogens is 391 g/mol. The maximum absolute atomic E-state index is 13.5. The molecule has 2 aromatic rings. The van der Waals surface area contributed by atoms with E-state index in [4.69, 9.17) is 0 Å². The fourth-order valence-corrected chi connectivity index (χ4v) is 4.82. The third kappa shape index (κ3) is 4.43. The lowest BCUT2D eigenvalue weighted by Gasteiger charge is -2.40. The zero-order valence-electron chi connectivity index (χ0n) is 18.5. The number of rotatable bonds is 6. The van der Waals surface area contributed by atoms with E-state index in [9.17, 15) is 9.18 Å². The molecule has 2 aliphatic rings. The number of carbonyl (C=O) groups is 1. The maximum Gasteiger partial charge on any atom is 0.332 e. The van der Waals surface area contributed by atoms with Crippen molar-refractivity contribution in [1.82, 2.24) is 4.98 Å². The Morgan fingerprint density at radius 1 is 1.29 bits per heavy atom. The summed E-state index contributed by atoms with van der Waals surface area (Å²) in [6.45, 7) is 11.4. The van der Waals surface area contributed by atoms with Gasteiger partial charge in [-0.15, -0.1) is 0 Å². The zero-order chi connectivity index (χ0) is 22.1. The summed E-state index contributed by atoms with van der Waals surface area (Å²) < 4.78 is 13.5. The number of hydrogen-bond acceptors (Lipinski definition) is 5. The molecule has 0 bridgehead atoms. The molecule has 1 aliphatic heterocycles. The van der Waals surface area contributed by atoms with Crippen LogP contribution in [0.15, 0.2) is 46.7 Å². The Bertz CT molecular complexity index is 1100. The molecule has 0 unspecified atom stereocenters. The van der Waals surface area contributed by atoms with Gasteiger partial charge < -0.3 is 4.90 Å². The van der Waals surface area contributed by atoms with Crippen LogP contribution in [0.2, 0.25) is 0 Å². The fraction of sp³-hybridized carbons (Fsp3) is 0.440. The van der Waals surface area contributed by atoms with Crippen molar-refractivity contribution < 1.29 is 9.18 Å². The van der Waals surface area contributed by atoms with Gasteiger partial charge in [0.2, 0.25) is 0 Å². The highest BCUT2D eigenvalue weighted by atomic mass is 19.1. The van der Waals surface area contributed by atoms with E-state index in [0.717, 1.165) is 58.7 Å². The summed E-state index contributed by atoms with van der Waals surface area (Å²) in [4.78, 5) is 27.4. The molecule has 31 heavy (non-hydrogen) atoms. The number of anilines is 1. The molecule has 4 rings (SSSR count). The van der Waals surface area contributed by atoms with E-state index in [-0.39, 0.29) is 11.6 Å². The number of amidine groups is 1. The average molecular weight is 421 g/mol. The minimum absolute atomic E-state index is 0.0455. The molecule has 1 aliphatic carbocycles. The van der Waals surface area contributed by atoms with Crippen LogP contribution in [0, 0.1) is 12.8 Å². The van der Waals surface area contributed by atoms with E-state index in [0.29, 0.717) is 18.9 Å². The van der Waals surface area contributed by atoms with Crippen molar-refractivity contribution in [1.29, 1.82) is 0 Å². The second kappa shape index (κ2) is 8.69. The zero-order valence-corrected chi connectivity index (χ0v) is 18.5. The largest absolute Gasteiger partial charge is 0.341 e. The van der Waals surface area contributed by atoms with Gasteiger partial charge >= 0.3 is 6.04 Å². The lowest BCUT2D eigenvalue weighted by Crippen LogP contribution is -2.39. The van der Waals surface area contributed by atoms with Gasteiger partial charge in [0.1, 0.15) is 5.84 Å². The first-order valence-electron chi connectivity index (χ1n) is 11.0. The topological polar surface area (TPSA) is 57.9 Å². The third-order valence-electron chi connectivity index (χ3n) is 6.28. The predicted octanol–water partition coefficient (Wildman–Crippen LogP) is 5.81. The van der Waals surface area contributed by atoms with Crippen LogP contribution in [-0.2, 0) is 0 Å². The number of pyridine rings is 1. The molecule has 0 radical (unpaired) electrons. The van der Waals surface area contributed by atoms with Crippen molar-refractivity contribution >= 4 is 34.2 Å². The lowest BCUT2D eigenvalue weighted by molar-refractivity contribution is 0.0836. The lowest BCUT2D eigenvalue weighted by atomic mass is 9.85. The van der Waals surface area contributed by atoms with Gasteiger partial charge in [-0.2, -0.15) is 4.39 Å². The van der Waals surface area contributed by atoms with Gasteiger partial charge in [-0.3, -0.25) is 14.8 Å². The minimum atomic E-state index is -1.43. The summed E-state index contributed by atoms with van der Waals surface area (Å²) in [5, 5.41) is 0.774. The van der Waals surface area contributed by atoms with Gasteiger partial charge in [0.25, 0.3) is 0 Å². The Labute approximate surface area is 182 Å². The Morgan fingerprint density at radius 2 is 2.10 bits per heavy atom. The number of nitrogens with zero attached hydrogens (tertiary/aromatic N) is 4. The van der Waals surface area contributed by atoms with E-state index in [2.05, 4.69) is 33.4 Å². The third-order valence-corrected chi connectivity index (χ3v) is 6.28. The van der Waals surface area contributed by atoms with Gasteiger partial charge in [-0.1, -0.05) is 26.3 Å². The molecule has 0 spiro atoms. The first-order valence-corrected chi connectivity index (χ1v) is 11.0. The first kappa shape index (κ1) is 21.3. The molecule has 0 saturated heterocycles. The van der Waals surface area contributed by atoms with Gasteiger partial charge in [-0.05, 0) is 56.4 Å². The highest BCUT2D eigenvalue weighted by Gasteiger charge is 2.30. The molecule has 6 heteroatoms. The van der Waals surface area contributed by atoms with Crippen LogP contribution >= 0.6 is 0 Å². The smallest absolute Gasteiger partial charge is 0.332 e. The van der Waals surface area contributed by atoms with Gasteiger partial charge in [0.05, 0.1) is 23.3 Å². The van der Waals surface area contributed by atoms with Crippen molar-refractivity contribution in [3.63, 3.8) is 0 Å². The highest BCUT2D eigenvalue weighted by Crippen LogP contribution is 2.39. The number of aliphatic imine (C=N–C) groups is 2. The SMILES string of the molecule is C=C(CC1=NCC(C)=N1)N(c1c(C)cnc2ccc(C(=O)F)cc12)[C@@H]1CCC[C@H](C)C1. The fourth-order valence-electron chi connectivity index (χ4n) is 4.82. The van der Waals surface area contributed by atoms with E-state index < -0.39 is 6.04 Å². The van der Waals surface area contributed by atoms with Crippen LogP contribution in [0.25, 0.3) is 10.9 Å². The average Bonchev–Trinajstić information content (AvgIpc) is 3.14. The van der Waals surface area contributed by atoms with Crippen molar-refractivity contribution in [2.24, 2.45) is 15.9 Å². The number of aromatic nitrogens is 1. The maximum atomic E-state index is 13.5. The molecule has 0 N–H and O–H groups in total. The molecule has 0 amide bonds. The van der Waals surface area contributed by atoms with Gasteiger partial charge in [-0.25, -0.2) is 4.99 Å². The van der Waals surface area contributed by atoms with Crippen LogP contribution in [-0.4, -0.2) is 35.2 Å². The van der Waals surface area contributed by atoms with Crippen molar-refractivity contribution in [3.05, 3.63) is 47.8 Å². The van der Waals surface area contributed by atoms with Gasteiger partial charge in [0.15, 0.2) is 0 Å². The van der Waals surface area contributed by atoms with E-state index >= 15 is 0 Å². The summed E-state index contributed by atoms with van der Waals surface area (Å²) in [5.41, 5.74) is 4.64. The number of aryl methyl sites for hydroxylation is 1. The Kier molecular flexibility index (Phi) is 5.99. The second-order valence-corrected chi connectivity index (χ2v) is 8.91. The van der Waals surface area contributed by atoms with Crippen molar-refractivity contribution in [2.45, 2.75) is 58.9 Å². The Morgan fingerprint density at radius 3 is 2.77 bits per heavy atom. The Hall–Kier alpha value is -2.89. The van der Waals surface area contributed by atoms with Crippen molar-refractivity contribution in [3.8, 4) is 0 Å². The molecule has 1 fully saturated rings. The first-order chi connectivity index (χ1) is 14.8. The second-order valence-electron chi connectivity index (χ2n) is 8.91. The van der Waals surface area contributed by atoms with E-state index in [1.165, 1.54) is 12.5 Å². The summed E-state index contributed by atoms with van der Waals surface area (Å²) in [5.74, 6) is 1.42. The van der Waals surface area contributed by atoms with E-state index in [1.54, 1.807) is 12.1 Å². The molecule has 1 saturated carbocycles. The highest BCUT2D eigenvalue weighted by molar-refractivity contribution is 6.04. The predicted molar refractivity (Wildman–Crippen MR) is 125 cm³/mol. The molecule has 5 nitrogen and oxygen atoms in total. The summed E-state index contributed by atoms with van der Waals surface area (Å²) in [7, 11) is 0. The molecular formula is C25H29FN4O. The number of fused-ring (bicyclic) bond motifs is 1. The molecule has 1 aromatic carbocycles. The summed E-state index contributed by atoms with van der Waals surface area (Å²) in [6.07, 6.45) is 6.90. The normalized spacial score (nSPS) is 21.0. The summed E-state index contributed by atoms with van der Waals surface area (Å²) >= 11 is 0. The van der Waals surface area contributed by atoms with Crippen molar-refractivity contribution in [2.75, 3.05) is 11.4 Å². The standard InChI is InChI=1S/C25H29FN4O/c1-15-6-5-7-20(10-15)30(18(4)11-23-28-14-17(3)29-23)24-16(2)13-27-22-9-8-19(25(26)31)12-21(22)24/h8-9,12-13,15,20H,4-7,10-11,14H2,1-3H3/t15-,20+/m0/s1. The number of carbonyl (C=O) groups excluding carboxylic acids is 1. The Balaban J connectivity index is 1.83. The number of halogens is 1. The molecule has 2 atom stereocenters. The molecule has 1 aromatic heterocycles. The van der Waals surface area contributed by atoms with Crippen LogP contribution in [0.4, 0.5) is 10.1 Å². The molecule has 2 heterocycles. The van der Waals surface area contributed by atoms with Crippen LogP contribution in [0.3, 0.4) is 0 Å². The van der Waals surface area contributed by atoms with E-state index in [1.807, 2.05) is 20.0 Å². The number of hydrogen-bond donors (Lipinski definition) is 0.